The SMILES string of the molecule is Cn1c(=NC(=O)C=Cc2ccccc2Cl)sc2cc(F)ccc21. The minimum Gasteiger partial charge on any atom is -0.319 e. The number of carbonyl (C=O) groups is 1. The van der Waals surface area contributed by atoms with E-state index in [9.17, 15) is 9.18 Å². The van der Waals surface area contributed by atoms with Crippen molar-refractivity contribution in [2.45, 2.75) is 0 Å². The number of halogens is 2. The average molecular weight is 347 g/mol. The fourth-order valence-corrected chi connectivity index (χ4v) is 3.36. The van der Waals surface area contributed by atoms with E-state index in [0.717, 1.165) is 15.8 Å². The van der Waals surface area contributed by atoms with Crippen molar-refractivity contribution < 1.29 is 9.18 Å². The number of thiazole rings is 1. The van der Waals surface area contributed by atoms with E-state index in [0.29, 0.717) is 9.82 Å². The van der Waals surface area contributed by atoms with Crippen LogP contribution in [-0.2, 0) is 11.8 Å². The van der Waals surface area contributed by atoms with E-state index in [1.165, 1.54) is 29.5 Å². The summed E-state index contributed by atoms with van der Waals surface area (Å²) in [4.78, 5) is 16.6. The monoisotopic (exact) mass is 346 g/mol. The molecular formula is C17H12ClFN2OS. The van der Waals surface area contributed by atoms with Gasteiger partial charge in [0.05, 0.1) is 10.2 Å². The van der Waals surface area contributed by atoms with Gasteiger partial charge in [-0.1, -0.05) is 41.1 Å². The number of amides is 1. The van der Waals surface area contributed by atoms with Gasteiger partial charge in [-0.25, -0.2) is 4.39 Å². The molecule has 116 valence electrons. The Balaban J connectivity index is 1.94. The number of fused-ring (bicyclic) bond motifs is 1. The topological polar surface area (TPSA) is 34.4 Å². The van der Waals surface area contributed by atoms with Crippen molar-refractivity contribution in [2.75, 3.05) is 0 Å². The van der Waals surface area contributed by atoms with Crippen LogP contribution in [0.2, 0.25) is 5.02 Å². The van der Waals surface area contributed by atoms with E-state index in [-0.39, 0.29) is 5.82 Å². The lowest BCUT2D eigenvalue weighted by Gasteiger charge is -1.95. The predicted octanol–water partition coefficient (Wildman–Crippen LogP) is 4.17. The number of aryl methyl sites for hydroxylation is 1. The number of hydrogen-bond acceptors (Lipinski definition) is 2. The van der Waals surface area contributed by atoms with Crippen LogP contribution in [-0.4, -0.2) is 10.5 Å². The second-order valence-corrected chi connectivity index (χ2v) is 6.28. The molecule has 0 saturated carbocycles. The van der Waals surface area contributed by atoms with Gasteiger partial charge in [-0.15, -0.1) is 0 Å². The smallest absolute Gasteiger partial charge is 0.272 e. The molecule has 0 N–H and O–H groups in total. The summed E-state index contributed by atoms with van der Waals surface area (Å²) < 4.78 is 15.8. The summed E-state index contributed by atoms with van der Waals surface area (Å²) in [6, 6.07) is 11.7. The maximum Gasteiger partial charge on any atom is 0.272 e. The molecule has 1 heterocycles. The van der Waals surface area contributed by atoms with Gasteiger partial charge < -0.3 is 4.57 Å². The Hall–Kier alpha value is -2.24. The zero-order chi connectivity index (χ0) is 16.4. The van der Waals surface area contributed by atoms with Crippen molar-refractivity contribution in [3.8, 4) is 0 Å². The Bertz CT molecular complexity index is 988. The molecular weight excluding hydrogens is 335 g/mol. The maximum atomic E-state index is 13.3. The van der Waals surface area contributed by atoms with Crippen molar-refractivity contribution in [1.29, 1.82) is 0 Å². The Morgan fingerprint density at radius 2 is 2.09 bits per heavy atom. The number of nitrogens with zero attached hydrogens (tertiary/aromatic N) is 2. The molecule has 0 saturated heterocycles. The van der Waals surface area contributed by atoms with Gasteiger partial charge >= 0.3 is 0 Å². The van der Waals surface area contributed by atoms with Crippen molar-refractivity contribution in [2.24, 2.45) is 12.0 Å². The Morgan fingerprint density at radius 3 is 2.87 bits per heavy atom. The van der Waals surface area contributed by atoms with Crippen molar-refractivity contribution in [3.63, 3.8) is 0 Å². The summed E-state index contributed by atoms with van der Waals surface area (Å²) in [6.07, 6.45) is 2.99. The lowest BCUT2D eigenvalue weighted by Crippen LogP contribution is -2.12. The highest BCUT2D eigenvalue weighted by Gasteiger charge is 2.05. The van der Waals surface area contributed by atoms with Gasteiger partial charge in [0, 0.05) is 18.1 Å². The molecule has 0 unspecified atom stereocenters. The molecule has 1 aromatic heterocycles. The molecule has 1 amide bonds. The van der Waals surface area contributed by atoms with Crippen molar-refractivity contribution in [1.82, 2.24) is 4.57 Å². The third-order valence-corrected chi connectivity index (χ3v) is 4.73. The molecule has 0 atom stereocenters. The second-order valence-electron chi connectivity index (χ2n) is 4.86. The lowest BCUT2D eigenvalue weighted by molar-refractivity contribution is -0.113. The quantitative estimate of drug-likeness (QED) is 0.641. The largest absolute Gasteiger partial charge is 0.319 e. The van der Waals surface area contributed by atoms with E-state index in [2.05, 4.69) is 4.99 Å². The van der Waals surface area contributed by atoms with Crippen LogP contribution in [0.3, 0.4) is 0 Å². The van der Waals surface area contributed by atoms with Gasteiger partial charge in [0.2, 0.25) is 0 Å². The van der Waals surface area contributed by atoms with E-state index < -0.39 is 5.91 Å². The molecule has 0 aliphatic heterocycles. The third kappa shape index (κ3) is 3.41. The second kappa shape index (κ2) is 6.48. The van der Waals surface area contributed by atoms with Crippen LogP contribution in [0.15, 0.2) is 53.5 Å². The summed E-state index contributed by atoms with van der Waals surface area (Å²) in [5.74, 6) is -0.705. The molecule has 0 aliphatic carbocycles. The highest BCUT2D eigenvalue weighted by Crippen LogP contribution is 2.18. The highest BCUT2D eigenvalue weighted by atomic mass is 35.5. The zero-order valence-electron chi connectivity index (χ0n) is 12.2. The van der Waals surface area contributed by atoms with E-state index in [4.69, 9.17) is 11.6 Å². The van der Waals surface area contributed by atoms with E-state index >= 15 is 0 Å². The highest BCUT2D eigenvalue weighted by molar-refractivity contribution is 7.16. The van der Waals surface area contributed by atoms with Crippen LogP contribution in [0, 0.1) is 5.82 Å². The van der Waals surface area contributed by atoms with Gasteiger partial charge in [-0.3, -0.25) is 4.79 Å². The summed E-state index contributed by atoms with van der Waals surface area (Å²) >= 11 is 7.30. The molecule has 3 aromatic rings. The van der Waals surface area contributed by atoms with Crippen LogP contribution in [0.4, 0.5) is 4.39 Å². The van der Waals surface area contributed by atoms with Gasteiger partial charge in [-0.05, 0) is 35.9 Å². The van der Waals surface area contributed by atoms with Crippen LogP contribution in [0.25, 0.3) is 16.3 Å². The molecule has 0 fully saturated rings. The van der Waals surface area contributed by atoms with Crippen LogP contribution < -0.4 is 4.80 Å². The molecule has 0 aliphatic rings. The fraction of sp³-hybridized carbons (Fsp3) is 0.0588. The Kier molecular flexibility index (Phi) is 4.41. The van der Waals surface area contributed by atoms with Crippen LogP contribution >= 0.6 is 22.9 Å². The fourth-order valence-electron chi connectivity index (χ4n) is 2.12. The first-order chi connectivity index (χ1) is 11.0. The summed E-state index contributed by atoms with van der Waals surface area (Å²) in [5.41, 5.74) is 1.58. The first-order valence-corrected chi connectivity index (χ1v) is 8.00. The normalized spacial score (nSPS) is 12.4. The molecule has 2 aromatic carbocycles. The minimum atomic E-state index is -0.396. The third-order valence-electron chi connectivity index (χ3n) is 3.29. The van der Waals surface area contributed by atoms with Gasteiger partial charge in [0.1, 0.15) is 5.82 Å². The number of rotatable bonds is 2. The molecule has 3 rings (SSSR count). The average Bonchev–Trinajstić information content (AvgIpc) is 2.82. The molecule has 23 heavy (non-hydrogen) atoms. The van der Waals surface area contributed by atoms with Crippen LogP contribution in [0.1, 0.15) is 5.56 Å². The van der Waals surface area contributed by atoms with E-state index in [1.807, 2.05) is 18.2 Å². The van der Waals surface area contributed by atoms with Crippen molar-refractivity contribution in [3.05, 3.63) is 69.7 Å². The standard InChI is InChI=1S/C17H12ClFN2OS/c1-21-14-8-7-12(19)10-15(14)23-17(21)20-16(22)9-6-11-4-2-3-5-13(11)18/h2-10H,1H3. The molecule has 3 nitrogen and oxygen atoms in total. The van der Waals surface area contributed by atoms with Crippen molar-refractivity contribution >= 4 is 45.1 Å². The Morgan fingerprint density at radius 1 is 1.30 bits per heavy atom. The maximum absolute atomic E-state index is 13.3. The van der Waals surface area contributed by atoms with Crippen LogP contribution in [0.5, 0.6) is 0 Å². The molecule has 0 spiro atoms. The van der Waals surface area contributed by atoms with Gasteiger partial charge in [0.15, 0.2) is 4.80 Å². The number of hydrogen-bond donors (Lipinski definition) is 0. The first kappa shape index (κ1) is 15.6. The van der Waals surface area contributed by atoms with Gasteiger partial charge in [0.25, 0.3) is 5.91 Å². The number of benzene rings is 2. The molecule has 6 heteroatoms. The summed E-state index contributed by atoms with van der Waals surface area (Å²) in [5, 5.41) is 0.569. The predicted molar refractivity (Wildman–Crippen MR) is 91.8 cm³/mol. The van der Waals surface area contributed by atoms with E-state index in [1.54, 1.807) is 29.8 Å². The molecule has 0 bridgehead atoms. The molecule has 0 radical (unpaired) electrons. The van der Waals surface area contributed by atoms with Gasteiger partial charge in [-0.2, -0.15) is 4.99 Å². The first-order valence-electron chi connectivity index (χ1n) is 6.81. The Labute approximate surface area is 141 Å². The zero-order valence-corrected chi connectivity index (χ0v) is 13.7. The number of carbonyl (C=O) groups excluding carboxylic acids is 1. The number of aromatic nitrogens is 1. The summed E-state index contributed by atoms with van der Waals surface area (Å²) in [6.45, 7) is 0. The summed E-state index contributed by atoms with van der Waals surface area (Å²) in [7, 11) is 1.79. The minimum absolute atomic E-state index is 0.309. The lowest BCUT2D eigenvalue weighted by atomic mass is 10.2.